The molecule has 1 amide bonds. The number of amides is 1. The van der Waals surface area contributed by atoms with E-state index in [1.54, 1.807) is 38.1 Å². The summed E-state index contributed by atoms with van der Waals surface area (Å²) in [5.41, 5.74) is 0.797. The molecule has 1 aromatic carbocycles. The largest absolute Gasteiger partial charge is 0.494 e. The van der Waals surface area contributed by atoms with Gasteiger partial charge in [-0.05, 0) is 31.5 Å². The van der Waals surface area contributed by atoms with Gasteiger partial charge in [-0.25, -0.2) is 8.42 Å². The number of aromatic nitrogens is 2. The highest BCUT2D eigenvalue weighted by molar-refractivity contribution is 7.92. The smallest absolute Gasteiger partial charge is 0.322 e. The van der Waals surface area contributed by atoms with Crippen LogP contribution in [0.5, 0.6) is 0 Å². The maximum Gasteiger partial charge on any atom is 0.322 e. The number of rotatable bonds is 6. The van der Waals surface area contributed by atoms with Crippen molar-refractivity contribution in [2.75, 3.05) is 18.5 Å². The number of carbonyl (C=O) groups excluding carboxylic acids is 1. The average Bonchev–Trinajstić information content (AvgIpc) is 3.09. The highest BCUT2D eigenvalue weighted by Crippen LogP contribution is 2.18. The second-order valence-corrected chi connectivity index (χ2v) is 8.58. The predicted octanol–water partition coefficient (Wildman–Crippen LogP) is 1.67. The van der Waals surface area contributed by atoms with E-state index < -0.39 is 21.0 Å². The Morgan fingerprint density at radius 2 is 1.93 bits per heavy atom. The fourth-order valence-electron chi connectivity index (χ4n) is 2.27. The first-order chi connectivity index (χ1) is 12.9. The van der Waals surface area contributed by atoms with E-state index in [1.807, 2.05) is 0 Å². The molecule has 2 aromatic rings. The molecule has 27 heavy (non-hydrogen) atoms. The molecule has 1 aromatic heterocycles. The summed E-state index contributed by atoms with van der Waals surface area (Å²) in [5.74, 6) is -0.240. The van der Waals surface area contributed by atoms with E-state index in [4.69, 9.17) is 13.9 Å². The van der Waals surface area contributed by atoms with Crippen LogP contribution in [0.4, 0.5) is 6.01 Å². The zero-order valence-electron chi connectivity index (χ0n) is 14.8. The van der Waals surface area contributed by atoms with Crippen LogP contribution in [-0.2, 0) is 30.5 Å². The molecule has 3 rings (SSSR count). The van der Waals surface area contributed by atoms with Crippen LogP contribution in [0.2, 0.25) is 0 Å². The van der Waals surface area contributed by atoms with Gasteiger partial charge in [-0.2, -0.15) is 0 Å². The third-order valence-electron chi connectivity index (χ3n) is 3.79. The molecule has 0 unspecified atom stereocenters. The molecule has 0 aliphatic carbocycles. The Hall–Kier alpha value is -2.88. The standard InChI is InChI=1S/C17H19N3O6S/c1-11(2)27(22,23)13-5-3-12(4-6-13)9-15-19-20-17(26-15)18-16(21)14-10-24-7-8-25-14/h3-6,10-11H,7-9H2,1-2H3,(H,18,20,21). The Bertz CT molecular complexity index is 947. The van der Waals surface area contributed by atoms with Crippen molar-refractivity contribution in [1.82, 2.24) is 10.2 Å². The third kappa shape index (κ3) is 4.45. The van der Waals surface area contributed by atoms with Gasteiger partial charge < -0.3 is 13.9 Å². The highest BCUT2D eigenvalue weighted by Gasteiger charge is 2.20. The normalized spacial score (nSPS) is 14.3. The number of nitrogens with zero attached hydrogens (tertiary/aromatic N) is 2. The van der Waals surface area contributed by atoms with Crippen LogP contribution >= 0.6 is 0 Å². The van der Waals surface area contributed by atoms with Gasteiger partial charge >= 0.3 is 6.01 Å². The van der Waals surface area contributed by atoms with Crippen LogP contribution in [0.1, 0.15) is 25.3 Å². The van der Waals surface area contributed by atoms with E-state index in [2.05, 4.69) is 15.5 Å². The summed E-state index contributed by atoms with van der Waals surface area (Å²) >= 11 is 0. The molecule has 0 fully saturated rings. The molecule has 9 nitrogen and oxygen atoms in total. The molecule has 0 atom stereocenters. The van der Waals surface area contributed by atoms with Crippen LogP contribution in [0.3, 0.4) is 0 Å². The molecule has 2 heterocycles. The summed E-state index contributed by atoms with van der Waals surface area (Å²) in [7, 11) is -3.31. The van der Waals surface area contributed by atoms with Crippen LogP contribution < -0.4 is 5.32 Å². The zero-order chi connectivity index (χ0) is 19.4. The Kier molecular flexibility index (Phi) is 5.45. The summed E-state index contributed by atoms with van der Waals surface area (Å²) < 4.78 is 39.8. The van der Waals surface area contributed by atoms with E-state index in [-0.39, 0.29) is 29.2 Å². The van der Waals surface area contributed by atoms with Gasteiger partial charge in [0.25, 0.3) is 5.91 Å². The van der Waals surface area contributed by atoms with Gasteiger partial charge in [0, 0.05) is 0 Å². The number of carbonyl (C=O) groups is 1. The number of ether oxygens (including phenoxy) is 2. The fraction of sp³-hybridized carbons (Fsp3) is 0.353. The van der Waals surface area contributed by atoms with E-state index >= 15 is 0 Å². The van der Waals surface area contributed by atoms with Gasteiger partial charge in [0.05, 0.1) is 16.6 Å². The van der Waals surface area contributed by atoms with Crippen molar-refractivity contribution in [1.29, 1.82) is 0 Å². The van der Waals surface area contributed by atoms with Crippen molar-refractivity contribution >= 4 is 21.8 Å². The molecule has 1 aliphatic heterocycles. The van der Waals surface area contributed by atoms with Gasteiger partial charge in [-0.1, -0.05) is 17.2 Å². The van der Waals surface area contributed by atoms with E-state index in [1.165, 1.54) is 6.26 Å². The van der Waals surface area contributed by atoms with Crippen molar-refractivity contribution in [2.45, 2.75) is 30.4 Å². The van der Waals surface area contributed by atoms with Gasteiger partial charge in [-0.15, -0.1) is 5.10 Å². The van der Waals surface area contributed by atoms with E-state index in [0.29, 0.717) is 13.0 Å². The van der Waals surface area contributed by atoms with Gasteiger partial charge in [0.15, 0.2) is 9.84 Å². The lowest BCUT2D eigenvalue weighted by Gasteiger charge is -2.13. The minimum atomic E-state index is -3.31. The first kappa shape index (κ1) is 18.9. The van der Waals surface area contributed by atoms with Crippen molar-refractivity contribution in [2.24, 2.45) is 0 Å². The molecule has 10 heteroatoms. The minimum Gasteiger partial charge on any atom is -0.494 e. The quantitative estimate of drug-likeness (QED) is 0.787. The molecule has 0 spiro atoms. The zero-order valence-corrected chi connectivity index (χ0v) is 15.7. The number of sulfone groups is 1. The summed E-state index contributed by atoms with van der Waals surface area (Å²) in [6.45, 7) is 3.95. The average molecular weight is 393 g/mol. The summed E-state index contributed by atoms with van der Waals surface area (Å²) in [4.78, 5) is 12.2. The van der Waals surface area contributed by atoms with Crippen molar-refractivity contribution < 1.29 is 27.1 Å². The molecule has 0 radical (unpaired) electrons. The predicted molar refractivity (Wildman–Crippen MR) is 94.5 cm³/mol. The molecule has 1 N–H and O–H groups in total. The van der Waals surface area contributed by atoms with E-state index in [0.717, 1.165) is 5.56 Å². The first-order valence-electron chi connectivity index (χ1n) is 8.27. The van der Waals surface area contributed by atoms with Gasteiger partial charge in [0.1, 0.15) is 19.5 Å². The maximum atomic E-state index is 12.1. The minimum absolute atomic E-state index is 0.0305. The molecule has 0 saturated carbocycles. The lowest BCUT2D eigenvalue weighted by Crippen LogP contribution is -2.21. The number of hydrogen-bond acceptors (Lipinski definition) is 8. The van der Waals surface area contributed by atoms with Crippen LogP contribution in [0.15, 0.2) is 45.6 Å². The topological polar surface area (TPSA) is 121 Å². The van der Waals surface area contributed by atoms with Crippen molar-refractivity contribution in [3.8, 4) is 0 Å². The summed E-state index contributed by atoms with van der Waals surface area (Å²) in [6, 6.07) is 6.42. The second-order valence-electron chi connectivity index (χ2n) is 6.07. The molecule has 144 valence electrons. The summed E-state index contributed by atoms with van der Waals surface area (Å²) in [5, 5.41) is 9.57. The van der Waals surface area contributed by atoms with Gasteiger partial charge in [0.2, 0.25) is 11.6 Å². The van der Waals surface area contributed by atoms with Crippen LogP contribution in [-0.4, -0.2) is 43.0 Å². The lowest BCUT2D eigenvalue weighted by molar-refractivity contribution is -0.117. The van der Waals surface area contributed by atoms with E-state index in [9.17, 15) is 13.2 Å². The summed E-state index contributed by atoms with van der Waals surface area (Å²) in [6.07, 6.45) is 1.52. The lowest BCUT2D eigenvalue weighted by atomic mass is 10.1. The van der Waals surface area contributed by atoms with Crippen LogP contribution in [0, 0.1) is 0 Å². The van der Waals surface area contributed by atoms with Crippen LogP contribution in [0.25, 0.3) is 0 Å². The Labute approximate surface area is 156 Å². The molecule has 0 saturated heterocycles. The second kappa shape index (κ2) is 7.78. The first-order valence-corrected chi connectivity index (χ1v) is 9.82. The number of nitrogens with one attached hydrogen (secondary N) is 1. The maximum absolute atomic E-state index is 12.1. The van der Waals surface area contributed by atoms with Crippen molar-refractivity contribution in [3.63, 3.8) is 0 Å². The highest BCUT2D eigenvalue weighted by atomic mass is 32.2. The number of hydrogen-bond donors (Lipinski definition) is 1. The monoisotopic (exact) mass is 393 g/mol. The third-order valence-corrected chi connectivity index (χ3v) is 5.96. The fourth-order valence-corrected chi connectivity index (χ4v) is 3.33. The Balaban J connectivity index is 1.64. The number of benzene rings is 1. The molecular weight excluding hydrogens is 374 g/mol. The Morgan fingerprint density at radius 3 is 2.56 bits per heavy atom. The SMILES string of the molecule is CC(C)S(=O)(=O)c1ccc(Cc2nnc(NC(=O)C3=COCCO3)o2)cc1. The molecular formula is C17H19N3O6S. The Morgan fingerprint density at radius 1 is 1.19 bits per heavy atom. The van der Waals surface area contributed by atoms with Crippen molar-refractivity contribution in [3.05, 3.63) is 47.7 Å². The number of anilines is 1. The molecule has 0 bridgehead atoms. The molecule has 1 aliphatic rings. The van der Waals surface area contributed by atoms with Gasteiger partial charge in [-0.3, -0.25) is 10.1 Å².